The quantitative estimate of drug-likeness (QED) is 0.782. The zero-order valence-corrected chi connectivity index (χ0v) is 11.1. The van der Waals surface area contributed by atoms with Crippen LogP contribution in [0, 0.1) is 0 Å². The predicted octanol–water partition coefficient (Wildman–Crippen LogP) is 3.38. The molecule has 0 atom stereocenters. The van der Waals surface area contributed by atoms with E-state index in [0.717, 1.165) is 21.8 Å². The molecule has 0 fully saturated rings. The van der Waals surface area contributed by atoms with Gasteiger partial charge in [0.1, 0.15) is 5.69 Å². The molecule has 4 rings (SSSR count). The Labute approximate surface area is 118 Å². The minimum atomic E-state index is 0.248. The van der Waals surface area contributed by atoms with Crippen LogP contribution in [0.4, 0.5) is 5.88 Å². The fraction of sp³-hybridized carbons (Fsp3) is 0.0714. The molecule has 1 aliphatic rings. The summed E-state index contributed by atoms with van der Waals surface area (Å²) >= 11 is 1.59. The van der Waals surface area contributed by atoms with Crippen LogP contribution >= 0.6 is 11.3 Å². The lowest BCUT2D eigenvalue weighted by atomic mass is 10.1. The molecule has 5 nitrogen and oxygen atoms in total. The molecule has 0 radical (unpaired) electrons. The standard InChI is InChI=1S/C14H10N2O3S/c15-14-12(11-2-1-5-20-11)13(16-19-14)8-3-4-9-10(6-8)18-7-17-9/h1-6H,7,15H2. The highest BCUT2D eigenvalue weighted by Crippen LogP contribution is 2.41. The van der Waals surface area contributed by atoms with Crippen molar-refractivity contribution < 1.29 is 14.0 Å². The molecule has 1 aliphatic heterocycles. The van der Waals surface area contributed by atoms with E-state index in [9.17, 15) is 0 Å². The molecule has 0 unspecified atom stereocenters. The first-order valence-corrected chi connectivity index (χ1v) is 6.90. The first-order chi connectivity index (χ1) is 9.83. The van der Waals surface area contributed by atoms with Gasteiger partial charge < -0.3 is 19.7 Å². The summed E-state index contributed by atoms with van der Waals surface area (Å²) in [4.78, 5) is 1.02. The van der Waals surface area contributed by atoms with E-state index in [1.54, 1.807) is 11.3 Å². The topological polar surface area (TPSA) is 70.5 Å². The molecule has 1 aromatic carbocycles. The zero-order valence-electron chi connectivity index (χ0n) is 10.3. The van der Waals surface area contributed by atoms with Crippen LogP contribution < -0.4 is 15.2 Å². The molecular weight excluding hydrogens is 276 g/mol. The van der Waals surface area contributed by atoms with Gasteiger partial charge in [0.2, 0.25) is 12.7 Å². The number of thiophene rings is 1. The molecule has 2 aromatic heterocycles. The Balaban J connectivity index is 1.87. The maximum Gasteiger partial charge on any atom is 0.231 e. The van der Waals surface area contributed by atoms with Gasteiger partial charge in [-0.05, 0) is 29.6 Å². The van der Waals surface area contributed by atoms with Crippen molar-refractivity contribution >= 4 is 17.2 Å². The smallest absolute Gasteiger partial charge is 0.231 e. The highest BCUT2D eigenvalue weighted by molar-refractivity contribution is 7.13. The molecule has 3 heterocycles. The second-order valence-corrected chi connectivity index (χ2v) is 5.26. The summed E-state index contributed by atoms with van der Waals surface area (Å²) in [5.41, 5.74) is 8.32. The van der Waals surface area contributed by atoms with Crippen LogP contribution in [0.3, 0.4) is 0 Å². The molecule has 2 N–H and O–H groups in total. The van der Waals surface area contributed by atoms with Gasteiger partial charge in [-0.15, -0.1) is 11.3 Å². The largest absolute Gasteiger partial charge is 0.454 e. The molecule has 0 saturated carbocycles. The van der Waals surface area contributed by atoms with Gasteiger partial charge in [-0.2, -0.15) is 0 Å². The zero-order chi connectivity index (χ0) is 13.5. The van der Waals surface area contributed by atoms with Crippen LogP contribution in [0.25, 0.3) is 21.7 Å². The Bertz CT molecular complexity index is 765. The van der Waals surface area contributed by atoms with E-state index in [2.05, 4.69) is 5.16 Å². The van der Waals surface area contributed by atoms with E-state index in [1.165, 1.54) is 0 Å². The summed E-state index contributed by atoms with van der Waals surface area (Å²) < 4.78 is 15.9. The second-order valence-electron chi connectivity index (χ2n) is 4.32. The molecule has 0 aliphatic carbocycles. The minimum absolute atomic E-state index is 0.248. The number of benzene rings is 1. The van der Waals surface area contributed by atoms with E-state index in [-0.39, 0.29) is 6.79 Å². The van der Waals surface area contributed by atoms with Crippen LogP contribution in [0.15, 0.2) is 40.2 Å². The maximum atomic E-state index is 5.90. The monoisotopic (exact) mass is 286 g/mol. The highest BCUT2D eigenvalue weighted by Gasteiger charge is 2.21. The molecule has 0 bridgehead atoms. The lowest BCUT2D eigenvalue weighted by Gasteiger charge is -2.02. The molecule has 0 saturated heterocycles. The summed E-state index contributed by atoms with van der Waals surface area (Å²) in [6.45, 7) is 0.248. The summed E-state index contributed by atoms with van der Waals surface area (Å²) in [5.74, 6) is 1.77. The Morgan fingerprint density at radius 2 is 2.05 bits per heavy atom. The van der Waals surface area contributed by atoms with Crippen molar-refractivity contribution in [3.8, 4) is 33.2 Å². The van der Waals surface area contributed by atoms with Crippen molar-refractivity contribution in [3.63, 3.8) is 0 Å². The fourth-order valence-electron chi connectivity index (χ4n) is 2.20. The van der Waals surface area contributed by atoms with Crippen LogP contribution in [-0.2, 0) is 0 Å². The summed E-state index contributed by atoms with van der Waals surface area (Å²) in [6.07, 6.45) is 0. The second kappa shape index (κ2) is 4.28. The number of fused-ring (bicyclic) bond motifs is 1. The van der Waals surface area contributed by atoms with E-state index in [4.69, 9.17) is 19.7 Å². The van der Waals surface area contributed by atoms with Crippen LogP contribution in [0.2, 0.25) is 0 Å². The van der Waals surface area contributed by atoms with Crippen LogP contribution in [-0.4, -0.2) is 11.9 Å². The van der Waals surface area contributed by atoms with Gasteiger partial charge in [0.25, 0.3) is 0 Å². The average Bonchev–Trinajstić information content (AvgIpc) is 3.17. The maximum absolute atomic E-state index is 5.90. The first kappa shape index (κ1) is 11.4. The third kappa shape index (κ3) is 1.65. The fourth-order valence-corrected chi connectivity index (χ4v) is 2.98. The lowest BCUT2D eigenvalue weighted by Crippen LogP contribution is -1.92. The number of nitrogens with two attached hydrogens (primary N) is 1. The number of nitrogen functional groups attached to an aromatic ring is 1. The van der Waals surface area contributed by atoms with Crippen LogP contribution in [0.1, 0.15) is 0 Å². The predicted molar refractivity (Wildman–Crippen MR) is 75.8 cm³/mol. The third-order valence-corrected chi connectivity index (χ3v) is 4.02. The van der Waals surface area contributed by atoms with Crippen LogP contribution in [0.5, 0.6) is 11.5 Å². The van der Waals surface area contributed by atoms with E-state index < -0.39 is 0 Å². The van der Waals surface area contributed by atoms with Crippen molar-refractivity contribution in [1.82, 2.24) is 5.16 Å². The highest BCUT2D eigenvalue weighted by atomic mass is 32.1. The normalized spacial score (nSPS) is 12.8. The number of ether oxygens (including phenoxy) is 2. The van der Waals surface area contributed by atoms with E-state index >= 15 is 0 Å². The van der Waals surface area contributed by atoms with Crippen molar-refractivity contribution in [2.24, 2.45) is 0 Å². The van der Waals surface area contributed by atoms with Gasteiger partial charge >= 0.3 is 0 Å². The van der Waals surface area contributed by atoms with Crippen molar-refractivity contribution in [3.05, 3.63) is 35.7 Å². The minimum Gasteiger partial charge on any atom is -0.454 e. The molecule has 3 aromatic rings. The third-order valence-electron chi connectivity index (χ3n) is 3.13. The summed E-state index contributed by atoms with van der Waals surface area (Å²) in [7, 11) is 0. The van der Waals surface area contributed by atoms with E-state index in [0.29, 0.717) is 17.3 Å². The summed E-state index contributed by atoms with van der Waals surface area (Å²) in [5, 5.41) is 6.07. The molecule has 0 amide bonds. The van der Waals surface area contributed by atoms with Gasteiger partial charge in [-0.25, -0.2) is 0 Å². The lowest BCUT2D eigenvalue weighted by molar-refractivity contribution is 0.174. The van der Waals surface area contributed by atoms with Gasteiger partial charge in [0.05, 0.1) is 5.56 Å². The SMILES string of the molecule is Nc1onc(-c2ccc3c(c2)OCO3)c1-c1cccs1. The summed E-state index contributed by atoms with van der Waals surface area (Å²) in [6, 6.07) is 9.62. The number of hydrogen-bond donors (Lipinski definition) is 1. The Hall–Kier alpha value is -2.47. The van der Waals surface area contributed by atoms with E-state index in [1.807, 2.05) is 35.7 Å². The molecule has 20 heavy (non-hydrogen) atoms. The number of hydrogen-bond acceptors (Lipinski definition) is 6. The Morgan fingerprint density at radius 3 is 2.90 bits per heavy atom. The van der Waals surface area contributed by atoms with Gasteiger partial charge in [-0.3, -0.25) is 0 Å². The number of anilines is 1. The van der Waals surface area contributed by atoms with Gasteiger partial charge in [0, 0.05) is 10.4 Å². The number of nitrogens with zero attached hydrogens (tertiary/aromatic N) is 1. The Morgan fingerprint density at radius 1 is 1.15 bits per heavy atom. The Kier molecular flexibility index (Phi) is 2.43. The first-order valence-electron chi connectivity index (χ1n) is 6.02. The van der Waals surface area contributed by atoms with Crippen molar-refractivity contribution in [2.75, 3.05) is 12.5 Å². The van der Waals surface area contributed by atoms with Crippen molar-refractivity contribution in [2.45, 2.75) is 0 Å². The molecule has 100 valence electrons. The average molecular weight is 286 g/mol. The van der Waals surface area contributed by atoms with Gasteiger partial charge in [-0.1, -0.05) is 11.2 Å². The molecule has 0 spiro atoms. The van der Waals surface area contributed by atoms with Crippen molar-refractivity contribution in [1.29, 1.82) is 0 Å². The van der Waals surface area contributed by atoms with Gasteiger partial charge in [0.15, 0.2) is 11.5 Å². The number of aromatic nitrogens is 1. The molecule has 6 heteroatoms. The molecular formula is C14H10N2O3S. The number of rotatable bonds is 2.